The minimum Gasteiger partial charge on any atom is -0.300 e. The van der Waals surface area contributed by atoms with Gasteiger partial charge in [0.2, 0.25) is 11.8 Å². The van der Waals surface area contributed by atoms with Gasteiger partial charge in [-0.1, -0.05) is 20.8 Å². The smallest absolute Gasteiger partial charge is 0.244 e. The number of carbonyl (C=O) groups excluding carboxylic acids is 2. The van der Waals surface area contributed by atoms with E-state index in [1.807, 2.05) is 0 Å². The molecule has 0 saturated carbocycles. The molecule has 1 atom stereocenters. The van der Waals surface area contributed by atoms with Crippen molar-refractivity contribution in [3.8, 4) is 0 Å². The van der Waals surface area contributed by atoms with Crippen molar-refractivity contribution in [2.24, 2.45) is 0 Å². The van der Waals surface area contributed by atoms with E-state index in [-0.39, 0.29) is 29.8 Å². The van der Waals surface area contributed by atoms with E-state index in [1.165, 1.54) is 0 Å². The van der Waals surface area contributed by atoms with Gasteiger partial charge in [-0.25, -0.2) is 0 Å². The predicted molar refractivity (Wildman–Crippen MR) is 58.3 cm³/mol. The molecule has 4 heteroatoms. The van der Waals surface area contributed by atoms with Crippen LogP contribution >= 0.6 is 0 Å². The summed E-state index contributed by atoms with van der Waals surface area (Å²) in [6, 6.07) is -0.336. The quantitative estimate of drug-likeness (QED) is 0.667. The van der Waals surface area contributed by atoms with E-state index >= 15 is 0 Å². The van der Waals surface area contributed by atoms with Gasteiger partial charge in [-0.05, 0) is 19.3 Å². The first-order chi connectivity index (χ1) is 7.06. The Kier molecular flexibility index (Phi) is 3.85. The molecule has 1 rings (SSSR count). The lowest BCUT2D eigenvalue weighted by atomic mass is 9.88. The molecule has 86 valence electrons. The Hall–Kier alpha value is -0.900. The van der Waals surface area contributed by atoms with Crippen LogP contribution in [-0.4, -0.2) is 23.4 Å². The van der Waals surface area contributed by atoms with Crippen molar-refractivity contribution in [3.63, 3.8) is 0 Å². The van der Waals surface area contributed by atoms with Crippen LogP contribution in [-0.2, 0) is 9.59 Å². The van der Waals surface area contributed by atoms with Crippen molar-refractivity contribution in [1.29, 1.82) is 0 Å². The third-order valence-corrected chi connectivity index (χ3v) is 3.48. The van der Waals surface area contributed by atoms with Crippen LogP contribution in [0.4, 0.5) is 0 Å². The van der Waals surface area contributed by atoms with Crippen molar-refractivity contribution in [2.75, 3.05) is 0 Å². The summed E-state index contributed by atoms with van der Waals surface area (Å²) in [5.41, 5.74) is -0.00731. The lowest BCUT2D eigenvalue weighted by molar-refractivity contribution is -0.125. The summed E-state index contributed by atoms with van der Waals surface area (Å²) >= 11 is 0. The van der Waals surface area contributed by atoms with Gasteiger partial charge in [0.25, 0.3) is 0 Å². The van der Waals surface area contributed by atoms with Crippen LogP contribution in [0.1, 0.15) is 46.5 Å². The molecule has 1 saturated heterocycles. The third-order valence-electron chi connectivity index (χ3n) is 3.48. The topological polar surface area (TPSA) is 58.2 Å². The highest BCUT2D eigenvalue weighted by Gasteiger charge is 2.36. The molecule has 4 nitrogen and oxygen atoms in total. The van der Waals surface area contributed by atoms with Gasteiger partial charge in [-0.2, -0.15) is 0 Å². The van der Waals surface area contributed by atoms with Gasteiger partial charge in [-0.3, -0.25) is 20.2 Å². The number of hydrogen-bond donors (Lipinski definition) is 2. The van der Waals surface area contributed by atoms with Crippen LogP contribution in [0.2, 0.25) is 0 Å². The van der Waals surface area contributed by atoms with Gasteiger partial charge < -0.3 is 0 Å². The van der Waals surface area contributed by atoms with Gasteiger partial charge in [0.15, 0.2) is 0 Å². The van der Waals surface area contributed by atoms with Crippen LogP contribution in [0, 0.1) is 0 Å². The molecule has 1 unspecified atom stereocenters. The Morgan fingerprint density at radius 3 is 2.13 bits per heavy atom. The summed E-state index contributed by atoms with van der Waals surface area (Å²) in [5, 5.41) is 5.65. The average molecular weight is 212 g/mol. The van der Waals surface area contributed by atoms with Crippen LogP contribution < -0.4 is 10.6 Å². The fourth-order valence-electron chi connectivity index (χ4n) is 2.10. The Morgan fingerprint density at radius 2 is 1.80 bits per heavy atom. The third kappa shape index (κ3) is 2.56. The molecule has 1 aliphatic heterocycles. The number of hydrogen-bond acceptors (Lipinski definition) is 3. The highest BCUT2D eigenvalue weighted by Crippen LogP contribution is 2.21. The molecule has 0 aliphatic carbocycles. The van der Waals surface area contributed by atoms with Crippen molar-refractivity contribution < 1.29 is 9.59 Å². The number of amides is 2. The highest BCUT2D eigenvalue weighted by atomic mass is 16.2. The second kappa shape index (κ2) is 4.75. The first-order valence-corrected chi connectivity index (χ1v) is 5.68. The Labute approximate surface area is 90.8 Å². The second-order valence-electron chi connectivity index (χ2n) is 4.15. The Balaban J connectivity index is 2.66. The van der Waals surface area contributed by atoms with Crippen molar-refractivity contribution in [3.05, 3.63) is 0 Å². The molecule has 0 spiro atoms. The zero-order valence-corrected chi connectivity index (χ0v) is 9.72. The van der Waals surface area contributed by atoms with E-state index < -0.39 is 0 Å². The summed E-state index contributed by atoms with van der Waals surface area (Å²) in [4.78, 5) is 22.5. The summed E-state index contributed by atoms with van der Waals surface area (Å²) in [6.45, 7) is 6.32. The average Bonchev–Trinajstić information content (AvgIpc) is 2.54. The van der Waals surface area contributed by atoms with E-state index in [2.05, 4.69) is 31.4 Å². The number of nitrogens with one attached hydrogen (secondary N) is 2. The van der Waals surface area contributed by atoms with E-state index in [9.17, 15) is 9.59 Å². The van der Waals surface area contributed by atoms with Gasteiger partial charge in [-0.15, -0.1) is 0 Å². The maximum atomic E-state index is 11.4. The largest absolute Gasteiger partial charge is 0.300 e. The lowest BCUT2D eigenvalue weighted by Gasteiger charge is -2.34. The van der Waals surface area contributed by atoms with E-state index in [4.69, 9.17) is 0 Å². The lowest BCUT2D eigenvalue weighted by Crippen LogP contribution is -2.51. The number of carbonyl (C=O) groups is 2. The molecule has 2 N–H and O–H groups in total. The van der Waals surface area contributed by atoms with Crippen LogP contribution in [0.5, 0.6) is 0 Å². The monoisotopic (exact) mass is 212 g/mol. The van der Waals surface area contributed by atoms with E-state index in [1.54, 1.807) is 0 Å². The molecule has 1 aliphatic rings. The second-order valence-corrected chi connectivity index (χ2v) is 4.15. The maximum Gasteiger partial charge on any atom is 0.244 e. The molecule has 0 bridgehead atoms. The molecular formula is C11H20N2O2. The van der Waals surface area contributed by atoms with Crippen LogP contribution in [0.25, 0.3) is 0 Å². The Bertz CT molecular complexity index is 251. The fourth-order valence-corrected chi connectivity index (χ4v) is 2.10. The van der Waals surface area contributed by atoms with Gasteiger partial charge >= 0.3 is 0 Å². The molecule has 1 heterocycles. The molecule has 0 aromatic heterocycles. The molecule has 0 aromatic rings. The van der Waals surface area contributed by atoms with E-state index in [0.717, 1.165) is 19.3 Å². The van der Waals surface area contributed by atoms with E-state index in [0.29, 0.717) is 0 Å². The van der Waals surface area contributed by atoms with Gasteiger partial charge in [0, 0.05) is 5.54 Å². The zero-order valence-electron chi connectivity index (χ0n) is 9.72. The highest BCUT2D eigenvalue weighted by molar-refractivity contribution is 6.05. The van der Waals surface area contributed by atoms with Crippen molar-refractivity contribution in [1.82, 2.24) is 10.6 Å². The summed E-state index contributed by atoms with van der Waals surface area (Å²) in [6.07, 6.45) is 3.19. The first kappa shape index (κ1) is 12.2. The SMILES string of the molecule is CCC(CC)(CC)NC1CC(=O)NC1=O. The minimum atomic E-state index is -0.336. The zero-order chi connectivity index (χ0) is 11.5. The molecule has 1 fully saturated rings. The predicted octanol–water partition coefficient (Wildman–Crippen LogP) is 0.960. The maximum absolute atomic E-state index is 11.4. The molecule has 15 heavy (non-hydrogen) atoms. The van der Waals surface area contributed by atoms with Gasteiger partial charge in [0.1, 0.15) is 0 Å². The molecule has 0 radical (unpaired) electrons. The molecule has 0 aromatic carbocycles. The summed E-state index contributed by atoms with van der Waals surface area (Å²) in [5.74, 6) is -0.352. The molecular weight excluding hydrogens is 192 g/mol. The van der Waals surface area contributed by atoms with Crippen molar-refractivity contribution in [2.45, 2.75) is 58.0 Å². The number of imide groups is 1. The Morgan fingerprint density at radius 1 is 1.27 bits per heavy atom. The molecule has 2 amide bonds. The minimum absolute atomic E-state index is 0.00731. The fraction of sp³-hybridized carbons (Fsp3) is 0.818. The van der Waals surface area contributed by atoms with Gasteiger partial charge in [0.05, 0.1) is 12.5 Å². The summed E-state index contributed by atoms with van der Waals surface area (Å²) in [7, 11) is 0. The summed E-state index contributed by atoms with van der Waals surface area (Å²) < 4.78 is 0. The normalized spacial score (nSPS) is 21.9. The standard InChI is InChI=1S/C11H20N2O2/c1-4-11(5-2,6-3)13-8-7-9(14)12-10(8)15/h8,13H,4-7H2,1-3H3,(H,12,14,15). The van der Waals surface area contributed by atoms with Crippen LogP contribution in [0.15, 0.2) is 0 Å². The van der Waals surface area contributed by atoms with Crippen molar-refractivity contribution >= 4 is 11.8 Å². The first-order valence-electron chi connectivity index (χ1n) is 5.68. The van der Waals surface area contributed by atoms with Crippen LogP contribution in [0.3, 0.4) is 0 Å². The number of rotatable bonds is 5.